The summed E-state index contributed by atoms with van der Waals surface area (Å²) >= 11 is 0. The molecule has 0 aliphatic rings. The summed E-state index contributed by atoms with van der Waals surface area (Å²) in [5, 5.41) is 7.91. The van der Waals surface area contributed by atoms with Crippen LogP contribution in [0.5, 0.6) is 0 Å². The molecule has 0 atom stereocenters. The summed E-state index contributed by atoms with van der Waals surface area (Å²) in [5.74, 6) is 0. The normalized spacial score (nSPS) is 7.50. The van der Waals surface area contributed by atoms with Crippen LogP contribution in [0, 0.1) is 11.5 Å². The van der Waals surface area contributed by atoms with Crippen LogP contribution in [-0.2, 0) is 9.53 Å². The van der Waals surface area contributed by atoms with Crippen molar-refractivity contribution in [2.24, 2.45) is 4.99 Å². The molecule has 0 aromatic carbocycles. The van der Waals surface area contributed by atoms with Crippen molar-refractivity contribution in [3.8, 4) is 6.26 Å². The van der Waals surface area contributed by atoms with Crippen molar-refractivity contribution in [3.63, 3.8) is 0 Å². The van der Waals surface area contributed by atoms with Crippen molar-refractivity contribution >= 4 is 6.08 Å². The number of nitrogens with zero attached hydrogens (tertiary/aromatic N) is 2. The third-order valence-corrected chi connectivity index (χ3v) is 0.895. The Labute approximate surface area is 59.1 Å². The van der Waals surface area contributed by atoms with E-state index in [1.807, 2.05) is 0 Å². The van der Waals surface area contributed by atoms with Crippen LogP contribution < -0.4 is 0 Å². The zero-order valence-corrected chi connectivity index (χ0v) is 5.54. The highest BCUT2D eigenvalue weighted by atomic mass is 16.5. The van der Waals surface area contributed by atoms with E-state index in [1.54, 1.807) is 6.26 Å². The Balaban J connectivity index is 2.92. The van der Waals surface area contributed by atoms with Gasteiger partial charge in [0.2, 0.25) is 6.08 Å². The van der Waals surface area contributed by atoms with Crippen LogP contribution in [0.1, 0.15) is 12.8 Å². The number of ether oxygens (including phenoxy) is 1. The number of carbonyl (C=O) groups excluding carboxylic acids is 1. The minimum atomic E-state index is 0.408. The molecular weight excluding hydrogens is 132 g/mol. The quantitative estimate of drug-likeness (QED) is 0.243. The molecule has 0 fully saturated rings. The van der Waals surface area contributed by atoms with Crippen molar-refractivity contribution in [1.29, 1.82) is 5.26 Å². The third kappa shape index (κ3) is 6.67. The van der Waals surface area contributed by atoms with Gasteiger partial charge in [0.15, 0.2) is 0 Å². The molecule has 54 valence electrons. The maximum atomic E-state index is 9.52. The van der Waals surface area contributed by atoms with Gasteiger partial charge in [0.1, 0.15) is 6.61 Å². The maximum Gasteiger partial charge on any atom is 0.286 e. The fraction of sp³-hybridized carbons (Fsp3) is 0.667. The van der Waals surface area contributed by atoms with Gasteiger partial charge in [-0.3, -0.25) is 0 Å². The van der Waals surface area contributed by atoms with E-state index < -0.39 is 0 Å². The van der Waals surface area contributed by atoms with Crippen LogP contribution in [0.25, 0.3) is 0 Å². The second-order valence-electron chi connectivity index (χ2n) is 1.62. The van der Waals surface area contributed by atoms with Gasteiger partial charge in [-0.05, 0) is 12.8 Å². The largest absolute Gasteiger partial charge is 0.428 e. The Morgan fingerprint density at radius 2 is 2.30 bits per heavy atom. The number of aliphatic imine (C=N–C) groups is 1. The summed E-state index contributed by atoms with van der Waals surface area (Å²) in [6, 6.07) is 0. The van der Waals surface area contributed by atoms with E-state index in [9.17, 15) is 4.79 Å². The van der Waals surface area contributed by atoms with Crippen LogP contribution >= 0.6 is 0 Å². The molecule has 0 aliphatic carbocycles. The van der Waals surface area contributed by atoms with Crippen molar-refractivity contribution in [1.82, 2.24) is 0 Å². The molecule has 4 heteroatoms. The van der Waals surface area contributed by atoms with Crippen molar-refractivity contribution in [3.05, 3.63) is 0 Å². The number of nitriles is 1. The van der Waals surface area contributed by atoms with Crippen LogP contribution in [0.3, 0.4) is 0 Å². The molecule has 0 saturated carbocycles. The molecule has 0 radical (unpaired) electrons. The Morgan fingerprint density at radius 1 is 1.50 bits per heavy atom. The molecule has 0 bridgehead atoms. The molecule has 0 amide bonds. The molecule has 0 aromatic heterocycles. The minimum absolute atomic E-state index is 0.408. The monoisotopic (exact) mass is 140 g/mol. The van der Waals surface area contributed by atoms with E-state index in [0.29, 0.717) is 13.2 Å². The van der Waals surface area contributed by atoms with Crippen LogP contribution in [0.2, 0.25) is 0 Å². The SMILES string of the molecule is N#COCCCCN=C=O. The smallest absolute Gasteiger partial charge is 0.286 e. The molecule has 0 aromatic rings. The second-order valence-corrected chi connectivity index (χ2v) is 1.62. The van der Waals surface area contributed by atoms with Gasteiger partial charge < -0.3 is 4.74 Å². The first-order valence-electron chi connectivity index (χ1n) is 2.96. The van der Waals surface area contributed by atoms with Crippen molar-refractivity contribution in [2.45, 2.75) is 12.8 Å². The highest BCUT2D eigenvalue weighted by Gasteiger charge is 1.85. The molecular formula is C6H8N2O2. The summed E-state index contributed by atoms with van der Waals surface area (Å²) in [7, 11) is 0. The predicted molar refractivity (Wildman–Crippen MR) is 33.8 cm³/mol. The van der Waals surface area contributed by atoms with Crippen molar-refractivity contribution in [2.75, 3.05) is 13.2 Å². The first kappa shape index (κ1) is 8.67. The van der Waals surface area contributed by atoms with Gasteiger partial charge in [0.05, 0.1) is 6.54 Å². The van der Waals surface area contributed by atoms with E-state index in [-0.39, 0.29) is 0 Å². The molecule has 0 saturated heterocycles. The fourth-order valence-electron chi connectivity index (χ4n) is 0.456. The summed E-state index contributed by atoms with van der Waals surface area (Å²) in [5.41, 5.74) is 0. The highest BCUT2D eigenvalue weighted by Crippen LogP contribution is 1.88. The van der Waals surface area contributed by atoms with Gasteiger partial charge in [-0.25, -0.2) is 9.79 Å². The summed E-state index contributed by atoms with van der Waals surface area (Å²) < 4.78 is 4.38. The molecule has 4 nitrogen and oxygen atoms in total. The van der Waals surface area contributed by atoms with Crippen LogP contribution in [-0.4, -0.2) is 19.2 Å². The van der Waals surface area contributed by atoms with E-state index in [1.165, 1.54) is 6.08 Å². The van der Waals surface area contributed by atoms with Gasteiger partial charge in [0.25, 0.3) is 6.26 Å². The van der Waals surface area contributed by atoms with E-state index in [4.69, 9.17) is 5.26 Å². The van der Waals surface area contributed by atoms with Gasteiger partial charge in [0, 0.05) is 0 Å². The second kappa shape index (κ2) is 7.67. The lowest BCUT2D eigenvalue weighted by atomic mass is 10.3. The number of unbranched alkanes of at least 4 members (excludes halogenated alkanes) is 1. The number of hydrogen-bond donors (Lipinski definition) is 0. The Hall–Kier alpha value is -1.33. The van der Waals surface area contributed by atoms with E-state index in [0.717, 1.165) is 12.8 Å². The topological polar surface area (TPSA) is 62.4 Å². The molecule has 0 spiro atoms. The zero-order valence-electron chi connectivity index (χ0n) is 5.54. The first-order chi connectivity index (χ1) is 4.91. The molecule has 0 unspecified atom stereocenters. The van der Waals surface area contributed by atoms with E-state index >= 15 is 0 Å². The Kier molecular flexibility index (Phi) is 6.65. The van der Waals surface area contributed by atoms with Gasteiger partial charge in [-0.15, -0.1) is 0 Å². The molecule has 0 rings (SSSR count). The number of isocyanates is 1. The molecule has 0 aliphatic heterocycles. The zero-order chi connectivity index (χ0) is 7.66. The standard InChI is InChI=1S/C6H8N2O2/c7-5-10-4-2-1-3-8-6-9/h1-4H2. The van der Waals surface area contributed by atoms with Crippen molar-refractivity contribution < 1.29 is 9.53 Å². The summed E-state index contributed by atoms with van der Waals surface area (Å²) in [6.07, 6.45) is 4.49. The molecule has 0 heterocycles. The predicted octanol–water partition coefficient (Wildman–Crippen LogP) is 0.600. The van der Waals surface area contributed by atoms with Gasteiger partial charge in [-0.2, -0.15) is 5.26 Å². The minimum Gasteiger partial charge on any atom is -0.428 e. The first-order valence-corrected chi connectivity index (χ1v) is 2.96. The number of hydrogen-bond acceptors (Lipinski definition) is 4. The average Bonchev–Trinajstić information content (AvgIpc) is 1.97. The fourth-order valence-corrected chi connectivity index (χ4v) is 0.456. The molecule has 10 heavy (non-hydrogen) atoms. The summed E-state index contributed by atoms with van der Waals surface area (Å²) in [6.45, 7) is 0.878. The molecule has 0 N–H and O–H groups in total. The van der Waals surface area contributed by atoms with Gasteiger partial charge in [-0.1, -0.05) is 0 Å². The average molecular weight is 140 g/mol. The Bertz CT molecular complexity index is 156. The summed E-state index contributed by atoms with van der Waals surface area (Å²) in [4.78, 5) is 12.8. The lowest BCUT2D eigenvalue weighted by Crippen LogP contribution is -1.89. The van der Waals surface area contributed by atoms with Gasteiger partial charge >= 0.3 is 0 Å². The highest BCUT2D eigenvalue weighted by molar-refractivity contribution is 5.32. The lowest BCUT2D eigenvalue weighted by Gasteiger charge is -1.91. The third-order valence-electron chi connectivity index (χ3n) is 0.895. The van der Waals surface area contributed by atoms with Crippen LogP contribution in [0.4, 0.5) is 0 Å². The Morgan fingerprint density at radius 3 is 2.90 bits per heavy atom. The van der Waals surface area contributed by atoms with E-state index in [2.05, 4.69) is 9.73 Å². The lowest BCUT2D eigenvalue weighted by molar-refractivity contribution is 0.263. The number of rotatable bonds is 5. The van der Waals surface area contributed by atoms with Crippen LogP contribution in [0.15, 0.2) is 4.99 Å². The maximum absolute atomic E-state index is 9.52.